The Bertz CT molecular complexity index is 1600. The van der Waals surface area contributed by atoms with Crippen LogP contribution < -0.4 is 26.2 Å². The van der Waals surface area contributed by atoms with Gasteiger partial charge in [0.1, 0.15) is 10.9 Å². The summed E-state index contributed by atoms with van der Waals surface area (Å²) in [5.41, 5.74) is 10.5. The second-order valence-corrected chi connectivity index (χ2v) is 8.46. The maximum atomic E-state index is 13.5. The highest BCUT2D eigenvalue weighted by atomic mass is 16.1. The minimum absolute atomic E-state index is 0.242. The molecule has 4 aromatic heterocycles. The Labute approximate surface area is 201 Å². The predicted molar refractivity (Wildman–Crippen MR) is 133 cm³/mol. The Hall–Kier alpha value is -4.59. The van der Waals surface area contributed by atoms with Gasteiger partial charge in [0.2, 0.25) is 11.5 Å². The fourth-order valence-electron chi connectivity index (χ4n) is 4.22. The van der Waals surface area contributed by atoms with Crippen molar-refractivity contribution in [3.63, 3.8) is 0 Å². The van der Waals surface area contributed by atoms with E-state index in [-0.39, 0.29) is 22.8 Å². The molecule has 8 heteroatoms. The average molecular weight is 467 g/mol. The van der Waals surface area contributed by atoms with Crippen LogP contribution in [-0.4, -0.2) is 15.3 Å². The van der Waals surface area contributed by atoms with Gasteiger partial charge in [0.25, 0.3) is 17.1 Å². The Morgan fingerprint density at radius 3 is 2.69 bits per heavy atom. The molecule has 0 saturated carbocycles. The number of fused-ring (bicyclic) bond motifs is 2. The summed E-state index contributed by atoms with van der Waals surface area (Å²) in [5.74, 6) is -0.0779. The number of aryl methyl sites for hydroxylation is 3. The van der Waals surface area contributed by atoms with Crippen molar-refractivity contribution in [2.45, 2.75) is 26.4 Å². The van der Waals surface area contributed by atoms with Gasteiger partial charge in [0.05, 0.1) is 6.54 Å². The average Bonchev–Trinajstić information content (AvgIpc) is 2.88. The van der Waals surface area contributed by atoms with Crippen molar-refractivity contribution in [3.05, 3.63) is 112 Å². The minimum Gasteiger partial charge on any atom is -0.348 e. The number of carbonyl (C=O) groups is 1. The van der Waals surface area contributed by atoms with Crippen molar-refractivity contribution in [3.8, 4) is 0 Å². The number of rotatable bonds is 6. The van der Waals surface area contributed by atoms with Crippen LogP contribution >= 0.6 is 0 Å². The molecule has 0 bridgehead atoms. The lowest BCUT2D eigenvalue weighted by molar-refractivity contribution is -0.658. The number of aromatic amines is 1. The smallest absolute Gasteiger partial charge is 0.278 e. The zero-order valence-electron chi connectivity index (χ0n) is 19.4. The fourth-order valence-corrected chi connectivity index (χ4v) is 4.22. The number of anilines is 1. The summed E-state index contributed by atoms with van der Waals surface area (Å²) in [4.78, 5) is 34.5. The van der Waals surface area contributed by atoms with Gasteiger partial charge >= 0.3 is 0 Å². The number of nitrogens with two attached hydrogens (primary N) is 1. The molecule has 0 saturated heterocycles. The zero-order chi connectivity index (χ0) is 24.4. The van der Waals surface area contributed by atoms with Crippen molar-refractivity contribution >= 4 is 28.4 Å². The first kappa shape index (κ1) is 22.2. The molecule has 0 unspecified atom stereocenters. The summed E-state index contributed by atoms with van der Waals surface area (Å²) >= 11 is 0. The number of benzene rings is 1. The molecule has 5 aromatic rings. The molecule has 0 radical (unpaired) electrons. The van der Waals surface area contributed by atoms with Gasteiger partial charge in [0.15, 0.2) is 12.4 Å². The van der Waals surface area contributed by atoms with Crippen LogP contribution in [0.5, 0.6) is 0 Å². The van der Waals surface area contributed by atoms with E-state index in [1.54, 1.807) is 23.0 Å². The molecule has 5 rings (SSSR count). The summed E-state index contributed by atoms with van der Waals surface area (Å²) in [6, 6.07) is 19.0. The Morgan fingerprint density at radius 1 is 1.11 bits per heavy atom. The Morgan fingerprint density at radius 2 is 1.91 bits per heavy atom. The SMILES string of the molecule is Cc1cccn2c(=O)c3cc(C(=O)NCc4ccc[nH+]c4)c(N)[n+](CCc4ccccc4)c3nc12. The lowest BCUT2D eigenvalue weighted by Gasteiger charge is -2.13. The van der Waals surface area contributed by atoms with Crippen LogP contribution in [0, 0.1) is 6.92 Å². The summed E-state index contributed by atoms with van der Waals surface area (Å²) in [6.45, 7) is 2.70. The van der Waals surface area contributed by atoms with E-state index in [1.165, 1.54) is 4.40 Å². The molecule has 4 heterocycles. The molecule has 0 atom stereocenters. The summed E-state index contributed by atoms with van der Waals surface area (Å²) < 4.78 is 3.29. The quantitative estimate of drug-likeness (QED) is 0.295. The number of aromatic nitrogens is 4. The predicted octanol–water partition coefficient (Wildman–Crippen LogP) is 2.01. The lowest BCUT2D eigenvalue weighted by atomic mass is 10.1. The van der Waals surface area contributed by atoms with E-state index >= 15 is 0 Å². The van der Waals surface area contributed by atoms with Crippen LogP contribution in [0.3, 0.4) is 0 Å². The first-order valence-electron chi connectivity index (χ1n) is 11.4. The van der Waals surface area contributed by atoms with Gasteiger partial charge in [-0.1, -0.05) is 41.4 Å². The molecular weight excluding hydrogens is 440 g/mol. The van der Waals surface area contributed by atoms with E-state index < -0.39 is 0 Å². The van der Waals surface area contributed by atoms with Gasteiger partial charge in [-0.05, 0) is 30.7 Å². The maximum Gasteiger partial charge on any atom is 0.278 e. The Kier molecular flexibility index (Phi) is 5.93. The first-order valence-corrected chi connectivity index (χ1v) is 11.4. The fraction of sp³-hybridized carbons (Fsp3) is 0.148. The lowest BCUT2D eigenvalue weighted by Crippen LogP contribution is -2.43. The van der Waals surface area contributed by atoms with Gasteiger partial charge in [-0.15, -0.1) is 0 Å². The molecule has 174 valence electrons. The number of hydrogen-bond donors (Lipinski definition) is 2. The third-order valence-electron chi connectivity index (χ3n) is 6.11. The highest BCUT2D eigenvalue weighted by Gasteiger charge is 2.24. The van der Waals surface area contributed by atoms with Gasteiger partial charge < -0.3 is 11.1 Å². The van der Waals surface area contributed by atoms with Crippen molar-refractivity contribution in [1.29, 1.82) is 0 Å². The van der Waals surface area contributed by atoms with Crippen LogP contribution in [0.4, 0.5) is 5.82 Å². The van der Waals surface area contributed by atoms with Gasteiger partial charge in [-0.3, -0.25) is 14.0 Å². The third kappa shape index (κ3) is 4.33. The van der Waals surface area contributed by atoms with Crippen molar-refractivity contribution in [1.82, 2.24) is 14.7 Å². The van der Waals surface area contributed by atoms with Crippen LogP contribution in [-0.2, 0) is 19.5 Å². The van der Waals surface area contributed by atoms with Crippen LogP contribution in [0.1, 0.15) is 27.0 Å². The third-order valence-corrected chi connectivity index (χ3v) is 6.11. The Balaban J connectivity index is 1.63. The highest BCUT2D eigenvalue weighted by Crippen LogP contribution is 2.16. The molecule has 1 amide bonds. The van der Waals surface area contributed by atoms with Crippen LogP contribution in [0.2, 0.25) is 0 Å². The van der Waals surface area contributed by atoms with Crippen molar-refractivity contribution < 1.29 is 14.3 Å². The molecule has 0 spiro atoms. The molecule has 8 nitrogen and oxygen atoms in total. The topological polar surface area (TPSA) is 108 Å². The normalized spacial score (nSPS) is 11.1. The minimum atomic E-state index is -0.351. The standard InChI is InChI=1S/C27H24N6O2/c1-18-7-6-13-33-24(18)31-25-22(27(33)35)15-21(26(34)30-17-20-10-5-12-29-16-20)23(28)32(25)14-11-19-8-3-2-4-9-19/h2-10,12-13,15-16,28H,11,14,17H2,1H3,(H,30,34)/p+2. The second-order valence-electron chi connectivity index (χ2n) is 8.46. The van der Waals surface area contributed by atoms with Gasteiger partial charge in [0, 0.05) is 36.4 Å². The molecule has 0 aliphatic carbocycles. The van der Waals surface area contributed by atoms with E-state index in [2.05, 4.69) is 10.3 Å². The highest BCUT2D eigenvalue weighted by molar-refractivity contribution is 6.00. The van der Waals surface area contributed by atoms with Crippen LogP contribution in [0.15, 0.2) is 84.0 Å². The van der Waals surface area contributed by atoms with E-state index in [1.807, 2.05) is 67.7 Å². The summed E-state index contributed by atoms with van der Waals surface area (Å²) in [7, 11) is 0. The number of amides is 1. The molecule has 0 fully saturated rings. The second kappa shape index (κ2) is 9.34. The number of H-pyrrole nitrogens is 1. The molecule has 0 aliphatic rings. The van der Waals surface area contributed by atoms with Crippen molar-refractivity contribution in [2.75, 3.05) is 5.73 Å². The number of nitrogens with zero attached hydrogens (tertiary/aromatic N) is 3. The molecule has 4 N–H and O–H groups in total. The van der Waals surface area contributed by atoms with Gasteiger partial charge in [-0.25, -0.2) is 9.55 Å². The maximum absolute atomic E-state index is 13.5. The monoisotopic (exact) mass is 466 g/mol. The number of pyridine rings is 3. The first-order chi connectivity index (χ1) is 17.0. The molecule has 1 aromatic carbocycles. The number of nitrogens with one attached hydrogen (secondary N) is 2. The van der Waals surface area contributed by atoms with Gasteiger partial charge in [-0.2, -0.15) is 0 Å². The largest absolute Gasteiger partial charge is 0.348 e. The molecule has 35 heavy (non-hydrogen) atoms. The number of carbonyl (C=O) groups excluding carboxylic acids is 1. The summed E-state index contributed by atoms with van der Waals surface area (Å²) in [6.07, 6.45) is 5.97. The van der Waals surface area contributed by atoms with Crippen molar-refractivity contribution in [2.24, 2.45) is 0 Å². The zero-order valence-corrected chi connectivity index (χ0v) is 19.4. The van der Waals surface area contributed by atoms with E-state index in [0.717, 1.165) is 16.7 Å². The molecule has 0 aliphatic heterocycles. The summed E-state index contributed by atoms with van der Waals surface area (Å²) in [5, 5.41) is 3.25. The van der Waals surface area contributed by atoms with E-state index in [4.69, 9.17) is 10.7 Å². The van der Waals surface area contributed by atoms with Crippen LogP contribution in [0.25, 0.3) is 16.7 Å². The van der Waals surface area contributed by atoms with E-state index in [9.17, 15) is 9.59 Å². The number of nitrogen functional groups attached to an aromatic ring is 1. The van der Waals surface area contributed by atoms with E-state index in [0.29, 0.717) is 36.2 Å². The number of hydrogen-bond acceptors (Lipinski definition) is 4. The molecular formula is C27H26N6O2+2.